The number of nitrogens with zero attached hydrogens (tertiary/aromatic N) is 4. The molecule has 0 amide bonds. The Labute approximate surface area is 223 Å². The van der Waals surface area contributed by atoms with Gasteiger partial charge in [0.2, 0.25) is 5.43 Å². The predicted octanol–water partition coefficient (Wildman–Crippen LogP) is 3.59. The Morgan fingerprint density at radius 1 is 1.15 bits per heavy atom. The number of anilines is 1. The van der Waals surface area contributed by atoms with Crippen LogP contribution in [0.2, 0.25) is 0 Å². The Hall–Kier alpha value is -4.02. The summed E-state index contributed by atoms with van der Waals surface area (Å²) in [4.78, 5) is 32.9. The quantitative estimate of drug-likeness (QED) is 0.372. The number of pyridine rings is 2. The number of β-amino-alcohol motifs (C(OH)–C–C–N with tert-alkyl or cyclic N) is 1. The number of aliphatic hydroxyl groups is 1. The molecule has 2 aliphatic rings. The summed E-state index contributed by atoms with van der Waals surface area (Å²) in [5, 5.41) is 21.5. The average molecular weight is 533 g/mol. The molecule has 1 atom stereocenters. The van der Waals surface area contributed by atoms with E-state index in [1.54, 1.807) is 19.4 Å². The number of halogens is 1. The van der Waals surface area contributed by atoms with Gasteiger partial charge in [-0.2, -0.15) is 0 Å². The fraction of sp³-hybridized carbons (Fsp3) is 0.345. The Kier molecular flexibility index (Phi) is 6.44. The minimum atomic E-state index is -1.31. The molecule has 1 saturated carbocycles. The molecule has 10 heteroatoms. The van der Waals surface area contributed by atoms with Crippen LogP contribution in [0.15, 0.2) is 53.6 Å². The summed E-state index contributed by atoms with van der Waals surface area (Å²) >= 11 is 0. The van der Waals surface area contributed by atoms with E-state index in [0.29, 0.717) is 49.7 Å². The SMILES string of the molecule is COc1cnc2cccc(C(O)CN3CCN(c4cc5c(cc4F)c(=O)c(C(=O)O)cn5C4CC4)CC3)c2c1. The van der Waals surface area contributed by atoms with E-state index in [2.05, 4.69) is 9.88 Å². The Morgan fingerprint density at radius 3 is 2.62 bits per heavy atom. The molecule has 9 nitrogen and oxygen atoms in total. The largest absolute Gasteiger partial charge is 0.495 e. The van der Waals surface area contributed by atoms with Gasteiger partial charge < -0.3 is 24.4 Å². The number of carbonyl (C=O) groups is 1. The molecule has 0 spiro atoms. The van der Waals surface area contributed by atoms with Gasteiger partial charge in [0.1, 0.15) is 17.1 Å². The molecule has 202 valence electrons. The number of fused-ring (bicyclic) bond motifs is 2. The lowest BCUT2D eigenvalue weighted by Gasteiger charge is -2.37. The van der Waals surface area contributed by atoms with Crippen molar-refractivity contribution in [1.29, 1.82) is 0 Å². The van der Waals surface area contributed by atoms with E-state index in [0.717, 1.165) is 29.3 Å². The molecule has 39 heavy (non-hydrogen) atoms. The first-order valence-corrected chi connectivity index (χ1v) is 13.0. The third kappa shape index (κ3) is 4.70. The van der Waals surface area contributed by atoms with Crippen LogP contribution in [-0.2, 0) is 0 Å². The van der Waals surface area contributed by atoms with Crippen molar-refractivity contribution in [2.75, 3.05) is 44.7 Å². The van der Waals surface area contributed by atoms with Gasteiger partial charge in [0.25, 0.3) is 0 Å². The number of hydrogen-bond donors (Lipinski definition) is 2. The van der Waals surface area contributed by atoms with Crippen molar-refractivity contribution in [3.8, 4) is 5.75 Å². The molecule has 1 unspecified atom stereocenters. The van der Waals surface area contributed by atoms with E-state index in [4.69, 9.17) is 4.74 Å². The zero-order valence-electron chi connectivity index (χ0n) is 21.5. The highest BCUT2D eigenvalue weighted by Gasteiger charge is 2.29. The van der Waals surface area contributed by atoms with Crippen molar-refractivity contribution in [1.82, 2.24) is 14.5 Å². The first-order chi connectivity index (χ1) is 18.8. The van der Waals surface area contributed by atoms with Gasteiger partial charge in [0, 0.05) is 55.7 Å². The van der Waals surface area contributed by atoms with E-state index in [-0.39, 0.29) is 17.0 Å². The predicted molar refractivity (Wildman–Crippen MR) is 145 cm³/mol. The summed E-state index contributed by atoms with van der Waals surface area (Å²) in [6.07, 6.45) is 4.10. The van der Waals surface area contributed by atoms with Gasteiger partial charge in [0.15, 0.2) is 0 Å². The smallest absolute Gasteiger partial charge is 0.341 e. The van der Waals surface area contributed by atoms with Gasteiger partial charge in [-0.05, 0) is 42.7 Å². The summed E-state index contributed by atoms with van der Waals surface area (Å²) < 4.78 is 22.4. The maximum atomic E-state index is 15.3. The standard InChI is InChI=1S/C29H29FN4O5/c1-39-18-11-20-19(3-2-4-24(20)31-14-18)27(35)16-32-7-9-33(10-8-32)26-13-25-21(12-23(26)30)28(36)22(29(37)38)15-34(25)17-5-6-17/h2-4,11-15,17,27,35H,5-10,16H2,1H3,(H,37,38). The molecule has 0 radical (unpaired) electrons. The number of rotatable bonds is 7. The monoisotopic (exact) mass is 532 g/mol. The van der Waals surface area contributed by atoms with E-state index in [1.165, 1.54) is 12.3 Å². The molecule has 1 aliphatic heterocycles. The molecule has 2 N–H and O–H groups in total. The Balaban J connectivity index is 1.21. The number of carboxylic acids is 1. The second-order valence-corrected chi connectivity index (χ2v) is 10.2. The van der Waals surface area contributed by atoms with Crippen LogP contribution in [0.3, 0.4) is 0 Å². The molecule has 0 bridgehead atoms. The van der Waals surface area contributed by atoms with Crippen LogP contribution in [0.25, 0.3) is 21.8 Å². The molecular formula is C29H29FN4O5. The molecule has 2 aromatic carbocycles. The van der Waals surface area contributed by atoms with Crippen LogP contribution in [0.1, 0.15) is 40.9 Å². The molecule has 4 aromatic rings. The van der Waals surface area contributed by atoms with E-state index < -0.39 is 23.3 Å². The van der Waals surface area contributed by atoms with Gasteiger partial charge in [-0.3, -0.25) is 14.7 Å². The van der Waals surface area contributed by atoms with E-state index in [9.17, 15) is 19.8 Å². The highest BCUT2D eigenvalue weighted by molar-refractivity contribution is 5.93. The van der Waals surface area contributed by atoms with Gasteiger partial charge in [0.05, 0.1) is 36.1 Å². The fourth-order valence-corrected chi connectivity index (χ4v) is 5.48. The van der Waals surface area contributed by atoms with Gasteiger partial charge >= 0.3 is 5.97 Å². The number of piperazine rings is 1. The molecule has 1 saturated heterocycles. The number of methoxy groups -OCH3 is 1. The number of carboxylic acid groups (broad SMARTS) is 1. The van der Waals surface area contributed by atoms with Crippen LogP contribution in [0, 0.1) is 5.82 Å². The highest BCUT2D eigenvalue weighted by Crippen LogP contribution is 2.38. The summed E-state index contributed by atoms with van der Waals surface area (Å²) in [5.41, 5.74) is 1.51. The average Bonchev–Trinajstić information content (AvgIpc) is 3.78. The van der Waals surface area contributed by atoms with Crippen LogP contribution < -0.4 is 15.1 Å². The zero-order chi connectivity index (χ0) is 27.3. The number of aliphatic hydroxyl groups excluding tert-OH is 1. The van der Waals surface area contributed by atoms with Crippen LogP contribution >= 0.6 is 0 Å². The molecule has 2 fully saturated rings. The van der Waals surface area contributed by atoms with Gasteiger partial charge in [-0.1, -0.05) is 12.1 Å². The molecule has 2 aromatic heterocycles. The van der Waals surface area contributed by atoms with Crippen LogP contribution in [0.4, 0.5) is 10.1 Å². The topological polar surface area (TPSA) is 108 Å². The van der Waals surface area contributed by atoms with Crippen molar-refractivity contribution in [2.45, 2.75) is 25.0 Å². The maximum Gasteiger partial charge on any atom is 0.341 e. The number of aromatic carboxylic acids is 1. The van der Waals surface area contributed by atoms with Crippen molar-refractivity contribution in [2.24, 2.45) is 0 Å². The summed E-state index contributed by atoms with van der Waals surface area (Å²) in [5.74, 6) is -1.23. The normalized spacial score (nSPS) is 17.1. The van der Waals surface area contributed by atoms with E-state index in [1.807, 2.05) is 33.7 Å². The second kappa shape index (κ2) is 9.94. The Morgan fingerprint density at radius 2 is 1.92 bits per heavy atom. The highest BCUT2D eigenvalue weighted by atomic mass is 19.1. The summed E-state index contributed by atoms with van der Waals surface area (Å²) in [6, 6.07) is 10.5. The lowest BCUT2D eigenvalue weighted by atomic mass is 10.0. The van der Waals surface area contributed by atoms with Crippen molar-refractivity contribution in [3.63, 3.8) is 0 Å². The number of hydrogen-bond acceptors (Lipinski definition) is 7. The maximum absolute atomic E-state index is 15.3. The minimum absolute atomic E-state index is 0.0889. The third-order valence-electron chi connectivity index (χ3n) is 7.74. The first kappa shape index (κ1) is 25.3. The third-order valence-corrected chi connectivity index (χ3v) is 7.74. The van der Waals surface area contributed by atoms with Gasteiger partial charge in [-0.15, -0.1) is 0 Å². The van der Waals surface area contributed by atoms with Gasteiger partial charge in [-0.25, -0.2) is 9.18 Å². The minimum Gasteiger partial charge on any atom is -0.495 e. The lowest BCUT2D eigenvalue weighted by molar-refractivity contribution is 0.0694. The molecular weight excluding hydrogens is 503 g/mol. The van der Waals surface area contributed by atoms with Crippen molar-refractivity contribution < 1.29 is 24.1 Å². The molecule has 6 rings (SSSR count). The molecule has 1 aliphatic carbocycles. The lowest BCUT2D eigenvalue weighted by Crippen LogP contribution is -2.47. The van der Waals surface area contributed by atoms with Crippen molar-refractivity contribution in [3.05, 3.63) is 76.0 Å². The second-order valence-electron chi connectivity index (χ2n) is 10.2. The first-order valence-electron chi connectivity index (χ1n) is 13.0. The fourth-order valence-electron chi connectivity index (χ4n) is 5.48. The number of aromatic nitrogens is 2. The molecule has 3 heterocycles. The Bertz CT molecular complexity index is 1640. The van der Waals surface area contributed by atoms with E-state index >= 15 is 4.39 Å². The van der Waals surface area contributed by atoms with Crippen LogP contribution in [-0.4, -0.2) is 70.5 Å². The number of benzene rings is 2. The van der Waals surface area contributed by atoms with Crippen molar-refractivity contribution >= 4 is 33.5 Å². The van der Waals surface area contributed by atoms with Crippen LogP contribution in [0.5, 0.6) is 5.75 Å². The summed E-state index contributed by atoms with van der Waals surface area (Å²) in [7, 11) is 1.58. The summed E-state index contributed by atoms with van der Waals surface area (Å²) in [6.45, 7) is 2.74. The number of ether oxygens (including phenoxy) is 1. The zero-order valence-corrected chi connectivity index (χ0v) is 21.5.